The molecule has 0 atom stereocenters. The number of pyridine rings is 1. The molecule has 0 bridgehead atoms. The lowest BCUT2D eigenvalue weighted by molar-refractivity contribution is 0.0958. The van der Waals surface area contributed by atoms with Crippen LogP contribution in [-0.2, 0) is 0 Å². The third-order valence-corrected chi connectivity index (χ3v) is 4.25. The lowest BCUT2D eigenvalue weighted by atomic mass is 10.1. The number of hydrogen-bond donors (Lipinski definition) is 3. The molecular formula is C20H20N6O2. The molecule has 3 aromatic heterocycles. The molecule has 0 saturated carbocycles. The summed E-state index contributed by atoms with van der Waals surface area (Å²) < 4.78 is 5.70. The van der Waals surface area contributed by atoms with Crippen molar-refractivity contribution in [2.24, 2.45) is 0 Å². The first-order valence-corrected chi connectivity index (χ1v) is 8.96. The van der Waals surface area contributed by atoms with Crippen molar-refractivity contribution < 1.29 is 9.21 Å². The Balaban J connectivity index is 1.75. The van der Waals surface area contributed by atoms with Gasteiger partial charge in [0.1, 0.15) is 5.69 Å². The second-order valence-corrected chi connectivity index (χ2v) is 6.66. The zero-order valence-corrected chi connectivity index (χ0v) is 15.8. The average Bonchev–Trinajstić information content (AvgIpc) is 3.33. The summed E-state index contributed by atoms with van der Waals surface area (Å²) in [5.41, 5.74) is 3.72. The number of carbonyl (C=O) groups is 1. The number of H-pyrrole nitrogens is 1. The Morgan fingerprint density at radius 2 is 2.04 bits per heavy atom. The predicted molar refractivity (Wildman–Crippen MR) is 107 cm³/mol. The fourth-order valence-electron chi connectivity index (χ4n) is 2.95. The number of anilines is 1. The minimum atomic E-state index is -0.224. The molecule has 0 spiro atoms. The number of aromatic nitrogens is 4. The summed E-state index contributed by atoms with van der Waals surface area (Å²) in [6.45, 7) is 4.00. The Labute approximate surface area is 161 Å². The third kappa shape index (κ3) is 3.32. The van der Waals surface area contributed by atoms with Crippen molar-refractivity contribution in [1.82, 2.24) is 25.5 Å². The van der Waals surface area contributed by atoms with E-state index in [-0.39, 0.29) is 11.9 Å². The van der Waals surface area contributed by atoms with Crippen LogP contribution >= 0.6 is 0 Å². The number of rotatable bonds is 5. The molecule has 1 amide bonds. The molecule has 0 aliphatic carbocycles. The Hall–Kier alpha value is -3.68. The van der Waals surface area contributed by atoms with Gasteiger partial charge in [-0.3, -0.25) is 4.79 Å². The molecule has 0 radical (unpaired) electrons. The van der Waals surface area contributed by atoms with Crippen molar-refractivity contribution in [1.29, 1.82) is 0 Å². The molecule has 28 heavy (non-hydrogen) atoms. The normalized spacial score (nSPS) is 11.1. The number of aromatic amines is 1. The maximum atomic E-state index is 11.9. The molecule has 3 heterocycles. The molecule has 4 aromatic rings. The van der Waals surface area contributed by atoms with E-state index in [1.54, 1.807) is 13.1 Å². The van der Waals surface area contributed by atoms with Crippen LogP contribution in [0.25, 0.3) is 33.6 Å². The first-order valence-electron chi connectivity index (χ1n) is 8.96. The quantitative estimate of drug-likeness (QED) is 0.492. The Morgan fingerprint density at radius 1 is 1.18 bits per heavy atom. The number of fused-ring (bicyclic) bond motifs is 1. The summed E-state index contributed by atoms with van der Waals surface area (Å²) in [5.74, 6) is 0.211. The van der Waals surface area contributed by atoms with Crippen LogP contribution in [0.15, 0.2) is 47.0 Å². The van der Waals surface area contributed by atoms with E-state index in [4.69, 9.17) is 4.42 Å². The third-order valence-electron chi connectivity index (χ3n) is 4.25. The van der Waals surface area contributed by atoms with Gasteiger partial charge in [-0.15, -0.1) is 5.10 Å². The van der Waals surface area contributed by atoms with Gasteiger partial charge in [-0.1, -0.05) is 11.2 Å². The minimum Gasteiger partial charge on any atom is -0.403 e. The summed E-state index contributed by atoms with van der Waals surface area (Å²) in [7, 11) is 1.58. The van der Waals surface area contributed by atoms with Crippen LogP contribution in [0, 0.1) is 0 Å². The Bertz CT molecular complexity index is 1140. The van der Waals surface area contributed by atoms with E-state index >= 15 is 0 Å². The van der Waals surface area contributed by atoms with Gasteiger partial charge in [0.2, 0.25) is 5.89 Å². The topological polar surface area (TPSA) is 109 Å². The van der Waals surface area contributed by atoms with Gasteiger partial charge in [0.25, 0.3) is 5.91 Å². The molecule has 3 N–H and O–H groups in total. The van der Waals surface area contributed by atoms with Gasteiger partial charge in [0.15, 0.2) is 0 Å². The van der Waals surface area contributed by atoms with Gasteiger partial charge < -0.3 is 20.0 Å². The highest BCUT2D eigenvalue weighted by atomic mass is 16.4. The molecule has 0 aliphatic heterocycles. The molecule has 8 heteroatoms. The molecule has 0 unspecified atom stereocenters. The van der Waals surface area contributed by atoms with E-state index in [0.717, 1.165) is 22.0 Å². The minimum absolute atomic E-state index is 0.200. The maximum Gasteiger partial charge on any atom is 0.315 e. The first kappa shape index (κ1) is 17.7. The van der Waals surface area contributed by atoms with Crippen LogP contribution in [0.1, 0.15) is 24.3 Å². The van der Waals surface area contributed by atoms with Gasteiger partial charge in [-0.2, -0.15) is 0 Å². The summed E-state index contributed by atoms with van der Waals surface area (Å²) in [6, 6.07) is 11.8. The van der Waals surface area contributed by atoms with Crippen LogP contribution in [-0.4, -0.2) is 39.2 Å². The predicted octanol–water partition coefficient (Wildman–Crippen LogP) is 3.46. The smallest absolute Gasteiger partial charge is 0.315 e. The highest BCUT2D eigenvalue weighted by Crippen LogP contribution is 2.31. The van der Waals surface area contributed by atoms with E-state index in [9.17, 15) is 4.79 Å². The highest BCUT2D eigenvalue weighted by Gasteiger charge is 2.14. The number of benzene rings is 1. The lowest BCUT2D eigenvalue weighted by Gasteiger charge is -2.04. The Kier molecular flexibility index (Phi) is 4.52. The number of carbonyl (C=O) groups excluding carboxylic acids is 1. The van der Waals surface area contributed by atoms with E-state index < -0.39 is 0 Å². The van der Waals surface area contributed by atoms with Crippen molar-refractivity contribution in [3.63, 3.8) is 0 Å². The molecule has 8 nitrogen and oxygen atoms in total. The largest absolute Gasteiger partial charge is 0.403 e. The van der Waals surface area contributed by atoms with Crippen LogP contribution in [0.2, 0.25) is 0 Å². The standard InChI is InChI=1S/C20H20N6O2/c1-11(2)23-20-26-25-19(28-20)12-7-8-15-13(9-12)14(10-22-15)16-5-4-6-17(24-16)18(27)21-3/h4-11,22H,1-3H3,(H,21,27)(H,23,26). The second-order valence-electron chi connectivity index (χ2n) is 6.66. The lowest BCUT2D eigenvalue weighted by Crippen LogP contribution is -2.19. The van der Waals surface area contributed by atoms with E-state index in [0.29, 0.717) is 23.3 Å². The first-order chi connectivity index (χ1) is 13.5. The van der Waals surface area contributed by atoms with Crippen LogP contribution < -0.4 is 10.6 Å². The maximum absolute atomic E-state index is 11.9. The molecule has 142 valence electrons. The van der Waals surface area contributed by atoms with E-state index in [1.807, 2.05) is 50.4 Å². The number of nitrogens with one attached hydrogen (secondary N) is 3. The van der Waals surface area contributed by atoms with Crippen molar-refractivity contribution in [2.45, 2.75) is 19.9 Å². The average molecular weight is 376 g/mol. The summed E-state index contributed by atoms with van der Waals surface area (Å²) in [6.07, 6.45) is 1.88. The van der Waals surface area contributed by atoms with E-state index in [1.165, 1.54) is 0 Å². The zero-order valence-electron chi connectivity index (χ0n) is 15.8. The monoisotopic (exact) mass is 376 g/mol. The molecule has 1 aromatic carbocycles. The molecular weight excluding hydrogens is 356 g/mol. The SMILES string of the molecule is CNC(=O)c1cccc(-c2c[nH]c3ccc(-c4nnc(NC(C)C)o4)cc23)n1. The number of nitrogens with zero attached hydrogens (tertiary/aromatic N) is 3. The van der Waals surface area contributed by atoms with Gasteiger partial charge in [0.05, 0.1) is 5.69 Å². The van der Waals surface area contributed by atoms with Crippen molar-refractivity contribution in [3.8, 4) is 22.7 Å². The van der Waals surface area contributed by atoms with Gasteiger partial charge >= 0.3 is 6.01 Å². The highest BCUT2D eigenvalue weighted by molar-refractivity contribution is 5.98. The zero-order chi connectivity index (χ0) is 19.7. The van der Waals surface area contributed by atoms with Crippen molar-refractivity contribution in [3.05, 3.63) is 48.3 Å². The van der Waals surface area contributed by atoms with Gasteiger partial charge in [-0.25, -0.2) is 4.98 Å². The number of amides is 1. The molecule has 0 fully saturated rings. The van der Waals surface area contributed by atoms with Crippen LogP contribution in [0.5, 0.6) is 0 Å². The fourth-order valence-corrected chi connectivity index (χ4v) is 2.95. The Morgan fingerprint density at radius 3 is 2.82 bits per heavy atom. The summed E-state index contributed by atoms with van der Waals surface area (Å²) in [5, 5.41) is 14.8. The second kappa shape index (κ2) is 7.15. The molecule has 0 aliphatic rings. The summed E-state index contributed by atoms with van der Waals surface area (Å²) >= 11 is 0. The fraction of sp³-hybridized carbons (Fsp3) is 0.200. The van der Waals surface area contributed by atoms with Gasteiger partial charge in [0, 0.05) is 41.3 Å². The van der Waals surface area contributed by atoms with Crippen LogP contribution in [0.3, 0.4) is 0 Å². The van der Waals surface area contributed by atoms with Crippen molar-refractivity contribution in [2.75, 3.05) is 12.4 Å². The number of hydrogen-bond acceptors (Lipinski definition) is 6. The summed E-state index contributed by atoms with van der Waals surface area (Å²) in [4.78, 5) is 19.6. The van der Waals surface area contributed by atoms with E-state index in [2.05, 4.69) is 30.8 Å². The van der Waals surface area contributed by atoms with Crippen LogP contribution in [0.4, 0.5) is 6.01 Å². The molecule has 4 rings (SSSR count). The van der Waals surface area contributed by atoms with Crippen molar-refractivity contribution >= 4 is 22.8 Å². The molecule has 0 saturated heterocycles. The van der Waals surface area contributed by atoms with Gasteiger partial charge in [-0.05, 0) is 44.2 Å².